The highest BCUT2D eigenvalue weighted by molar-refractivity contribution is 6.04. The highest BCUT2D eigenvalue weighted by Crippen LogP contribution is 2.40. The maximum absolute atomic E-state index is 12.2. The third kappa shape index (κ3) is 5.12. The molecule has 0 heterocycles. The lowest BCUT2D eigenvalue weighted by atomic mass is 9.95. The number of carboxylic acid groups (broad SMARTS) is 4. The number of aromatic carboxylic acids is 4. The summed E-state index contributed by atoms with van der Waals surface area (Å²) in [7, 11) is 0. The van der Waals surface area contributed by atoms with Gasteiger partial charge < -0.3 is 29.9 Å². The molecular formula is C29H20O10. The van der Waals surface area contributed by atoms with Crippen molar-refractivity contribution in [2.45, 2.75) is 5.79 Å². The fourth-order valence-corrected chi connectivity index (χ4v) is 4.08. The highest BCUT2D eigenvalue weighted by atomic mass is 16.7. The first-order valence-corrected chi connectivity index (χ1v) is 11.3. The Morgan fingerprint density at radius 1 is 0.462 bits per heavy atom. The molecule has 4 rings (SSSR count). The molecule has 196 valence electrons. The van der Waals surface area contributed by atoms with Gasteiger partial charge in [-0.15, -0.1) is 0 Å². The van der Waals surface area contributed by atoms with Crippen LogP contribution in [-0.2, 0) is 5.79 Å². The minimum Gasteiger partial charge on any atom is -0.478 e. The average Bonchev–Trinajstić information content (AvgIpc) is 2.93. The van der Waals surface area contributed by atoms with Gasteiger partial charge in [-0.1, -0.05) is 72.8 Å². The van der Waals surface area contributed by atoms with Gasteiger partial charge in [-0.2, -0.15) is 0 Å². The molecule has 0 aromatic heterocycles. The SMILES string of the molecule is O=C(O)c1cccc(OC(Oc2cccc(C(=O)O)c2C(=O)O)(c2ccccc2)c2ccccc2)c1C(=O)O. The van der Waals surface area contributed by atoms with E-state index in [0.29, 0.717) is 0 Å². The molecule has 0 atom stereocenters. The molecule has 4 N–H and O–H groups in total. The zero-order chi connectivity index (χ0) is 28.2. The molecule has 4 aromatic carbocycles. The molecule has 0 amide bonds. The lowest BCUT2D eigenvalue weighted by Gasteiger charge is -2.36. The van der Waals surface area contributed by atoms with Crippen molar-refractivity contribution in [3.63, 3.8) is 0 Å². The first kappa shape index (κ1) is 26.4. The van der Waals surface area contributed by atoms with E-state index in [0.717, 1.165) is 12.1 Å². The molecule has 0 spiro atoms. The summed E-state index contributed by atoms with van der Waals surface area (Å²) in [6, 6.07) is 23.5. The van der Waals surface area contributed by atoms with Crippen LogP contribution in [-0.4, -0.2) is 44.3 Å². The number of benzene rings is 4. The van der Waals surface area contributed by atoms with Gasteiger partial charge in [-0.25, -0.2) is 19.2 Å². The summed E-state index contributed by atoms with van der Waals surface area (Å²) in [5, 5.41) is 39.1. The first-order valence-electron chi connectivity index (χ1n) is 11.3. The predicted octanol–water partition coefficient (Wildman–Crippen LogP) is 4.84. The van der Waals surface area contributed by atoms with Crippen LogP contribution in [0.1, 0.15) is 52.6 Å². The second kappa shape index (κ2) is 10.8. The van der Waals surface area contributed by atoms with Crippen LogP contribution in [0.3, 0.4) is 0 Å². The Morgan fingerprint density at radius 2 is 0.821 bits per heavy atom. The van der Waals surface area contributed by atoms with Gasteiger partial charge in [-0.05, 0) is 24.3 Å². The molecule has 0 aliphatic heterocycles. The minimum absolute atomic E-state index is 0.269. The maximum Gasteiger partial charge on any atom is 0.340 e. The Morgan fingerprint density at radius 3 is 1.13 bits per heavy atom. The molecule has 0 bridgehead atoms. The zero-order valence-corrected chi connectivity index (χ0v) is 20.0. The number of hydrogen-bond acceptors (Lipinski definition) is 6. The zero-order valence-electron chi connectivity index (χ0n) is 20.0. The maximum atomic E-state index is 12.2. The minimum atomic E-state index is -2.11. The molecule has 10 nitrogen and oxygen atoms in total. The van der Waals surface area contributed by atoms with Gasteiger partial charge in [-0.3, -0.25) is 0 Å². The lowest BCUT2D eigenvalue weighted by Crippen LogP contribution is -2.41. The lowest BCUT2D eigenvalue weighted by molar-refractivity contribution is -0.0852. The van der Waals surface area contributed by atoms with Crippen molar-refractivity contribution in [1.29, 1.82) is 0 Å². The Kier molecular flexibility index (Phi) is 7.30. The standard InChI is InChI=1S/C29H20O10/c30-25(31)19-13-7-15-21(23(19)27(34)35)38-29(17-9-3-1-4-10-17,18-11-5-2-6-12-18)39-22-16-8-14-20(26(32)33)24(22)28(36)37/h1-16H,(H,30,31)(H,32,33)(H,34,35)(H,36,37). The van der Waals surface area contributed by atoms with Crippen LogP contribution >= 0.6 is 0 Å². The van der Waals surface area contributed by atoms with Gasteiger partial charge in [0.1, 0.15) is 22.6 Å². The van der Waals surface area contributed by atoms with E-state index < -0.39 is 51.9 Å². The number of hydrogen-bond donors (Lipinski definition) is 4. The van der Waals surface area contributed by atoms with E-state index in [1.165, 1.54) is 24.3 Å². The monoisotopic (exact) mass is 528 g/mol. The quantitative estimate of drug-likeness (QED) is 0.209. The fraction of sp³-hybridized carbons (Fsp3) is 0.0345. The summed E-state index contributed by atoms with van der Waals surface area (Å²) < 4.78 is 12.6. The molecule has 4 aromatic rings. The number of carbonyl (C=O) groups is 4. The van der Waals surface area contributed by atoms with Gasteiger partial charge in [0.25, 0.3) is 0 Å². The van der Waals surface area contributed by atoms with Crippen molar-refractivity contribution in [3.8, 4) is 11.5 Å². The first-order chi connectivity index (χ1) is 18.7. The summed E-state index contributed by atoms with van der Waals surface area (Å²) in [6.07, 6.45) is 0. The summed E-state index contributed by atoms with van der Waals surface area (Å²) in [6.45, 7) is 0. The normalized spacial score (nSPS) is 10.9. The molecule has 10 heteroatoms. The Balaban J connectivity index is 2.07. The molecule has 0 radical (unpaired) electrons. The smallest absolute Gasteiger partial charge is 0.340 e. The van der Waals surface area contributed by atoms with Crippen LogP contribution in [0.15, 0.2) is 97.1 Å². The number of rotatable bonds is 10. The van der Waals surface area contributed by atoms with Crippen molar-refractivity contribution in [1.82, 2.24) is 0 Å². The summed E-state index contributed by atoms with van der Waals surface area (Å²) >= 11 is 0. The third-order valence-corrected chi connectivity index (χ3v) is 5.76. The second-order valence-corrected chi connectivity index (χ2v) is 8.13. The topological polar surface area (TPSA) is 168 Å². The summed E-state index contributed by atoms with van der Waals surface area (Å²) in [5.41, 5.74) is -1.89. The fourth-order valence-electron chi connectivity index (χ4n) is 4.08. The van der Waals surface area contributed by atoms with E-state index in [9.17, 15) is 39.6 Å². The van der Waals surface area contributed by atoms with Gasteiger partial charge in [0.2, 0.25) is 0 Å². The molecule has 0 saturated carbocycles. The third-order valence-electron chi connectivity index (χ3n) is 5.76. The predicted molar refractivity (Wildman–Crippen MR) is 136 cm³/mol. The average molecular weight is 528 g/mol. The number of ether oxygens (including phenoxy) is 2. The van der Waals surface area contributed by atoms with Gasteiger partial charge in [0, 0.05) is 11.1 Å². The Labute approximate surface area is 220 Å². The molecule has 0 aliphatic carbocycles. The van der Waals surface area contributed by atoms with Crippen LogP contribution in [0.25, 0.3) is 0 Å². The van der Waals surface area contributed by atoms with Gasteiger partial charge in [0.15, 0.2) is 0 Å². The van der Waals surface area contributed by atoms with Crippen molar-refractivity contribution in [3.05, 3.63) is 130 Å². The van der Waals surface area contributed by atoms with Gasteiger partial charge in [0.05, 0.1) is 11.1 Å². The van der Waals surface area contributed by atoms with Crippen LogP contribution in [0, 0.1) is 0 Å². The van der Waals surface area contributed by atoms with Crippen molar-refractivity contribution < 1.29 is 49.1 Å². The Hall–Kier alpha value is -5.64. The van der Waals surface area contributed by atoms with Crippen molar-refractivity contribution in [2.24, 2.45) is 0 Å². The van der Waals surface area contributed by atoms with Crippen LogP contribution < -0.4 is 9.47 Å². The Bertz CT molecular complexity index is 1440. The largest absolute Gasteiger partial charge is 0.478 e. The molecule has 39 heavy (non-hydrogen) atoms. The van der Waals surface area contributed by atoms with Crippen LogP contribution in [0.4, 0.5) is 0 Å². The van der Waals surface area contributed by atoms with E-state index in [2.05, 4.69) is 0 Å². The highest BCUT2D eigenvalue weighted by Gasteiger charge is 2.42. The molecule has 0 unspecified atom stereocenters. The van der Waals surface area contributed by atoms with Gasteiger partial charge >= 0.3 is 29.7 Å². The van der Waals surface area contributed by atoms with Crippen molar-refractivity contribution >= 4 is 23.9 Å². The van der Waals surface area contributed by atoms with E-state index in [-0.39, 0.29) is 22.6 Å². The van der Waals surface area contributed by atoms with Crippen molar-refractivity contribution in [2.75, 3.05) is 0 Å². The van der Waals surface area contributed by atoms with E-state index in [1.54, 1.807) is 60.7 Å². The number of carboxylic acids is 4. The van der Waals surface area contributed by atoms with E-state index >= 15 is 0 Å². The molecule has 0 aliphatic rings. The molecular weight excluding hydrogens is 508 g/mol. The van der Waals surface area contributed by atoms with Crippen LogP contribution in [0.5, 0.6) is 11.5 Å². The molecule has 0 fully saturated rings. The van der Waals surface area contributed by atoms with E-state index in [1.807, 2.05) is 0 Å². The molecule has 0 saturated heterocycles. The summed E-state index contributed by atoms with van der Waals surface area (Å²) in [4.78, 5) is 48.1. The van der Waals surface area contributed by atoms with E-state index in [4.69, 9.17) is 9.47 Å². The second-order valence-electron chi connectivity index (χ2n) is 8.13. The summed E-state index contributed by atoms with van der Waals surface area (Å²) in [5.74, 6) is -9.07. The van der Waals surface area contributed by atoms with Crippen LogP contribution in [0.2, 0.25) is 0 Å².